The van der Waals surface area contributed by atoms with Crippen molar-refractivity contribution in [3.63, 3.8) is 0 Å². The fourth-order valence-corrected chi connectivity index (χ4v) is 3.53. The normalized spacial score (nSPS) is 17.7. The first kappa shape index (κ1) is 15.3. The Labute approximate surface area is 137 Å². The number of halogens is 3. The second kappa shape index (κ2) is 5.98. The topological polar surface area (TPSA) is 27.8 Å². The van der Waals surface area contributed by atoms with Crippen molar-refractivity contribution in [2.75, 3.05) is 13.1 Å². The van der Waals surface area contributed by atoms with Gasteiger partial charge >= 0.3 is 0 Å². The molecule has 1 aliphatic rings. The Morgan fingerprint density at radius 3 is 2.50 bits per heavy atom. The minimum Gasteiger partial charge on any atom is -0.352 e. The summed E-state index contributed by atoms with van der Waals surface area (Å²) in [5.41, 5.74) is 2.70. The standard InChI is InChI=1S/C19H17F3N2/c20-13-3-1-12(2-4-13)18-15(7-11-5-6-23-10-11)16-8-14(21)9-17(22)19(16)24-18/h1-4,8-9,11,23-24H,5-7,10H2. The fraction of sp³-hybridized carbons (Fsp3) is 0.263. The number of hydrogen-bond acceptors (Lipinski definition) is 1. The molecule has 0 saturated carbocycles. The highest BCUT2D eigenvalue weighted by molar-refractivity contribution is 5.91. The van der Waals surface area contributed by atoms with Crippen LogP contribution in [0.5, 0.6) is 0 Å². The Bertz CT molecular complexity index is 878. The molecule has 3 aromatic rings. The molecule has 0 bridgehead atoms. The van der Waals surface area contributed by atoms with E-state index in [-0.39, 0.29) is 5.82 Å². The van der Waals surface area contributed by atoms with E-state index in [1.807, 2.05) is 0 Å². The number of nitrogens with one attached hydrogen (secondary N) is 2. The van der Waals surface area contributed by atoms with Crippen LogP contribution in [-0.2, 0) is 6.42 Å². The van der Waals surface area contributed by atoms with Crippen LogP contribution in [0.3, 0.4) is 0 Å². The highest BCUT2D eigenvalue weighted by atomic mass is 19.1. The van der Waals surface area contributed by atoms with E-state index < -0.39 is 11.6 Å². The van der Waals surface area contributed by atoms with Gasteiger partial charge < -0.3 is 10.3 Å². The van der Waals surface area contributed by atoms with Crippen LogP contribution in [0.4, 0.5) is 13.2 Å². The Balaban J connectivity index is 1.90. The maximum atomic E-state index is 14.2. The van der Waals surface area contributed by atoms with Crippen molar-refractivity contribution >= 4 is 10.9 Å². The SMILES string of the molecule is Fc1ccc(-c2[nH]c3c(F)cc(F)cc3c2CC2CCNC2)cc1. The summed E-state index contributed by atoms with van der Waals surface area (Å²) < 4.78 is 41.2. The molecule has 1 saturated heterocycles. The summed E-state index contributed by atoms with van der Waals surface area (Å²) in [5, 5.41) is 3.88. The molecule has 2 heterocycles. The second-order valence-electron chi connectivity index (χ2n) is 6.36. The average Bonchev–Trinajstić information content (AvgIpc) is 3.18. The molecule has 0 aliphatic carbocycles. The molecular formula is C19H17F3N2. The Morgan fingerprint density at radius 2 is 1.79 bits per heavy atom. The molecule has 24 heavy (non-hydrogen) atoms. The number of rotatable bonds is 3. The van der Waals surface area contributed by atoms with E-state index in [1.165, 1.54) is 18.2 Å². The van der Waals surface area contributed by atoms with E-state index in [2.05, 4.69) is 10.3 Å². The second-order valence-corrected chi connectivity index (χ2v) is 6.36. The van der Waals surface area contributed by atoms with Crippen LogP contribution in [0.15, 0.2) is 36.4 Å². The zero-order valence-corrected chi connectivity index (χ0v) is 13.0. The lowest BCUT2D eigenvalue weighted by molar-refractivity contribution is 0.581. The lowest BCUT2D eigenvalue weighted by atomic mass is 9.94. The lowest BCUT2D eigenvalue weighted by Gasteiger charge is -2.10. The van der Waals surface area contributed by atoms with Gasteiger partial charge in [0, 0.05) is 17.1 Å². The third kappa shape index (κ3) is 2.69. The Morgan fingerprint density at radius 1 is 1.00 bits per heavy atom. The zero-order valence-electron chi connectivity index (χ0n) is 13.0. The molecule has 0 spiro atoms. The van der Waals surface area contributed by atoms with Crippen molar-refractivity contribution in [2.45, 2.75) is 12.8 Å². The molecule has 1 unspecified atom stereocenters. The Kier molecular flexibility index (Phi) is 3.81. The summed E-state index contributed by atoms with van der Waals surface area (Å²) in [4.78, 5) is 3.08. The van der Waals surface area contributed by atoms with E-state index in [4.69, 9.17) is 0 Å². The van der Waals surface area contributed by atoms with E-state index in [0.717, 1.165) is 48.8 Å². The van der Waals surface area contributed by atoms with Crippen molar-refractivity contribution in [2.24, 2.45) is 5.92 Å². The maximum Gasteiger partial charge on any atom is 0.150 e. The van der Waals surface area contributed by atoms with Crippen molar-refractivity contribution < 1.29 is 13.2 Å². The third-order valence-electron chi connectivity index (χ3n) is 4.72. The molecule has 2 nitrogen and oxygen atoms in total. The summed E-state index contributed by atoms with van der Waals surface area (Å²) >= 11 is 0. The molecule has 1 aromatic heterocycles. The molecule has 1 atom stereocenters. The molecule has 5 heteroatoms. The highest BCUT2D eigenvalue weighted by Gasteiger charge is 2.22. The first-order chi connectivity index (χ1) is 11.6. The number of aromatic amines is 1. The molecular weight excluding hydrogens is 313 g/mol. The highest BCUT2D eigenvalue weighted by Crippen LogP contribution is 2.34. The molecule has 0 amide bonds. The zero-order chi connectivity index (χ0) is 16.7. The number of hydrogen-bond donors (Lipinski definition) is 2. The van der Waals surface area contributed by atoms with Crippen LogP contribution in [0.2, 0.25) is 0 Å². The van der Waals surface area contributed by atoms with Crippen LogP contribution in [-0.4, -0.2) is 18.1 Å². The van der Waals surface area contributed by atoms with Gasteiger partial charge in [-0.1, -0.05) is 0 Å². The Hall–Kier alpha value is -2.27. The van der Waals surface area contributed by atoms with Crippen LogP contribution in [0, 0.1) is 23.4 Å². The van der Waals surface area contributed by atoms with Gasteiger partial charge in [-0.3, -0.25) is 0 Å². The summed E-state index contributed by atoms with van der Waals surface area (Å²) in [6, 6.07) is 8.32. The summed E-state index contributed by atoms with van der Waals surface area (Å²) in [7, 11) is 0. The first-order valence-electron chi connectivity index (χ1n) is 8.08. The van der Waals surface area contributed by atoms with Crippen LogP contribution < -0.4 is 5.32 Å². The molecule has 1 aliphatic heterocycles. The molecule has 0 radical (unpaired) electrons. The van der Waals surface area contributed by atoms with Crippen LogP contribution in [0.1, 0.15) is 12.0 Å². The summed E-state index contributed by atoms with van der Waals surface area (Å²) in [6.07, 6.45) is 1.76. The van der Waals surface area contributed by atoms with E-state index in [9.17, 15) is 13.2 Å². The van der Waals surface area contributed by atoms with Crippen LogP contribution in [0.25, 0.3) is 22.2 Å². The average molecular weight is 330 g/mol. The van der Waals surface area contributed by atoms with Gasteiger partial charge in [0.1, 0.15) is 17.5 Å². The van der Waals surface area contributed by atoms with E-state index >= 15 is 0 Å². The minimum atomic E-state index is -0.607. The van der Waals surface area contributed by atoms with Gasteiger partial charge in [0.15, 0.2) is 0 Å². The molecule has 4 rings (SSSR count). The predicted molar refractivity (Wildman–Crippen MR) is 88.3 cm³/mol. The van der Waals surface area contributed by atoms with Gasteiger partial charge in [-0.05, 0) is 73.3 Å². The third-order valence-corrected chi connectivity index (χ3v) is 4.72. The monoisotopic (exact) mass is 330 g/mol. The van der Waals surface area contributed by atoms with Crippen LogP contribution >= 0.6 is 0 Å². The predicted octanol–water partition coefficient (Wildman–Crippen LogP) is 4.40. The van der Waals surface area contributed by atoms with E-state index in [1.54, 1.807) is 12.1 Å². The quantitative estimate of drug-likeness (QED) is 0.732. The van der Waals surface area contributed by atoms with Gasteiger partial charge in [-0.2, -0.15) is 0 Å². The molecule has 2 N–H and O–H groups in total. The van der Waals surface area contributed by atoms with Gasteiger partial charge in [-0.25, -0.2) is 13.2 Å². The van der Waals surface area contributed by atoms with Crippen molar-refractivity contribution in [1.82, 2.24) is 10.3 Å². The molecule has 124 valence electrons. The van der Waals surface area contributed by atoms with Crippen molar-refractivity contribution in [3.05, 3.63) is 59.4 Å². The lowest BCUT2D eigenvalue weighted by Crippen LogP contribution is -2.11. The minimum absolute atomic E-state index is 0.302. The van der Waals surface area contributed by atoms with Gasteiger partial charge in [-0.15, -0.1) is 0 Å². The largest absolute Gasteiger partial charge is 0.352 e. The fourth-order valence-electron chi connectivity index (χ4n) is 3.53. The van der Waals surface area contributed by atoms with Gasteiger partial charge in [0.2, 0.25) is 0 Å². The van der Waals surface area contributed by atoms with Crippen molar-refractivity contribution in [1.29, 1.82) is 0 Å². The first-order valence-corrected chi connectivity index (χ1v) is 8.08. The summed E-state index contributed by atoms with van der Waals surface area (Å²) in [6.45, 7) is 1.86. The van der Waals surface area contributed by atoms with Crippen molar-refractivity contribution in [3.8, 4) is 11.3 Å². The van der Waals surface area contributed by atoms with E-state index in [0.29, 0.717) is 16.8 Å². The number of benzene rings is 2. The molecule has 2 aromatic carbocycles. The van der Waals surface area contributed by atoms with Gasteiger partial charge in [0.25, 0.3) is 0 Å². The maximum absolute atomic E-state index is 14.2. The number of fused-ring (bicyclic) bond motifs is 1. The number of aromatic nitrogens is 1. The smallest absolute Gasteiger partial charge is 0.150 e. The van der Waals surface area contributed by atoms with Gasteiger partial charge in [0.05, 0.1) is 5.52 Å². The number of H-pyrrole nitrogens is 1. The summed E-state index contributed by atoms with van der Waals surface area (Å²) in [5.74, 6) is -1.09. The molecule has 1 fully saturated rings.